The molecule has 2 aliphatic heterocycles. The van der Waals surface area contributed by atoms with Gasteiger partial charge in [0.2, 0.25) is 0 Å². The van der Waals surface area contributed by atoms with Crippen molar-refractivity contribution in [2.45, 2.75) is 218 Å². The highest BCUT2D eigenvalue weighted by atomic mass is 16.6. The molecular weight excluding hydrogens is 857 g/mol. The van der Waals surface area contributed by atoms with Crippen LogP contribution in [0.4, 0.5) is 0 Å². The van der Waals surface area contributed by atoms with Gasteiger partial charge in [0.1, 0.15) is 16.8 Å². The molecule has 0 spiro atoms. The van der Waals surface area contributed by atoms with Gasteiger partial charge in [-0.05, 0) is 133 Å². The van der Waals surface area contributed by atoms with Gasteiger partial charge in [-0.1, -0.05) is 73.3 Å². The minimum atomic E-state index is -1.25. The SMILES string of the molecule is C.C.C.C.C.C.C.C.CC1C(=O)OC(=O)C1C(CC(CC1C(C)C2CC1C1COC(=O)C21)C(=O)OC12CC3CC(C1)CC(C(=O)OC(C)(C)C)(C3)C2)C(=O)OC12CC3CC(O)(CC(O)(C3)C1)C2. The van der Waals surface area contributed by atoms with Gasteiger partial charge < -0.3 is 33.9 Å². The van der Waals surface area contributed by atoms with E-state index >= 15 is 4.79 Å². The van der Waals surface area contributed by atoms with Crippen molar-refractivity contribution < 1.29 is 62.7 Å². The zero-order valence-electron chi connectivity index (χ0n) is 35.2. The van der Waals surface area contributed by atoms with Crippen LogP contribution in [0.5, 0.6) is 0 Å². The normalized spacial score (nSPS) is 43.5. The Hall–Kier alpha value is -3.06. The van der Waals surface area contributed by atoms with Crippen LogP contribution in [0.25, 0.3) is 0 Å². The maximum Gasteiger partial charge on any atom is 0.318 e. The fourth-order valence-electron chi connectivity index (χ4n) is 16.5. The van der Waals surface area contributed by atoms with E-state index in [-0.39, 0.29) is 150 Å². The molecule has 0 aromatic heterocycles. The molecule has 0 radical (unpaired) electrons. The van der Waals surface area contributed by atoms with Crippen molar-refractivity contribution in [2.24, 2.45) is 82.3 Å². The Labute approximate surface area is 404 Å². The molecule has 2 saturated heterocycles. The van der Waals surface area contributed by atoms with Crippen LogP contribution in [-0.4, -0.2) is 80.6 Å². The van der Waals surface area contributed by atoms with E-state index in [1.54, 1.807) is 6.92 Å². The molecule has 67 heavy (non-hydrogen) atoms. The van der Waals surface area contributed by atoms with E-state index in [4.69, 9.17) is 23.7 Å². The summed E-state index contributed by atoms with van der Waals surface area (Å²) in [6.07, 6.45) is 7.15. The van der Waals surface area contributed by atoms with E-state index in [9.17, 15) is 34.2 Å². The van der Waals surface area contributed by atoms with Crippen LogP contribution in [0.3, 0.4) is 0 Å². The first-order chi connectivity index (χ1) is 27.6. The minimum Gasteiger partial charge on any atom is -0.465 e. The Morgan fingerprint density at radius 3 is 1.78 bits per heavy atom. The Bertz CT molecular complexity index is 1830. The van der Waals surface area contributed by atoms with Crippen LogP contribution in [0.15, 0.2) is 0 Å². The highest BCUT2D eigenvalue weighted by Crippen LogP contribution is 2.65. The predicted octanol–water partition coefficient (Wildman–Crippen LogP) is 10.1. The average molecular weight is 951 g/mol. The molecule has 14 unspecified atom stereocenters. The molecule has 10 saturated carbocycles. The molecular formula is C54H94O13. The zero-order chi connectivity index (χ0) is 41.8. The van der Waals surface area contributed by atoms with Gasteiger partial charge in [0.25, 0.3) is 0 Å². The summed E-state index contributed by atoms with van der Waals surface area (Å²) in [5.74, 6) is -6.89. The van der Waals surface area contributed by atoms with Crippen LogP contribution in [0.1, 0.15) is 190 Å². The van der Waals surface area contributed by atoms with Crippen molar-refractivity contribution in [3.8, 4) is 0 Å². The third-order valence-electron chi connectivity index (χ3n) is 17.6. The number of ether oxygens (including phenoxy) is 5. The molecule has 14 atom stereocenters. The summed E-state index contributed by atoms with van der Waals surface area (Å²) in [6, 6.07) is 0. The number of aliphatic hydroxyl groups is 2. The van der Waals surface area contributed by atoms with E-state index in [1.807, 2.05) is 20.8 Å². The van der Waals surface area contributed by atoms with Gasteiger partial charge in [-0.15, -0.1) is 0 Å². The van der Waals surface area contributed by atoms with Gasteiger partial charge in [-0.3, -0.25) is 28.8 Å². The van der Waals surface area contributed by atoms with Crippen molar-refractivity contribution in [2.75, 3.05) is 6.61 Å². The molecule has 0 aromatic rings. The maximum atomic E-state index is 15.2. The summed E-state index contributed by atoms with van der Waals surface area (Å²) >= 11 is 0. The van der Waals surface area contributed by atoms with Gasteiger partial charge in [0, 0.05) is 31.6 Å². The van der Waals surface area contributed by atoms with Gasteiger partial charge in [-0.2, -0.15) is 0 Å². The monoisotopic (exact) mass is 951 g/mol. The Kier molecular flexibility index (Phi) is 17.6. The maximum absolute atomic E-state index is 15.2. The fourth-order valence-corrected chi connectivity index (χ4v) is 16.5. The summed E-state index contributed by atoms with van der Waals surface area (Å²) in [6.45, 7) is 9.63. The van der Waals surface area contributed by atoms with Gasteiger partial charge in [-0.25, -0.2) is 0 Å². The Balaban J connectivity index is 0.00000193. The van der Waals surface area contributed by atoms with Gasteiger partial charge in [0.15, 0.2) is 0 Å². The number of rotatable bonds is 10. The van der Waals surface area contributed by atoms with Crippen molar-refractivity contribution >= 4 is 35.8 Å². The summed E-state index contributed by atoms with van der Waals surface area (Å²) < 4.78 is 29.9. The first-order valence-corrected chi connectivity index (χ1v) is 22.6. The second-order valence-electron chi connectivity index (χ2n) is 23.1. The number of hydrogen-bond donors (Lipinski definition) is 2. The molecule has 10 bridgehead atoms. The molecule has 2 N–H and O–H groups in total. The quantitative estimate of drug-likeness (QED) is 0.120. The highest BCUT2D eigenvalue weighted by Gasteiger charge is 2.67. The number of esters is 6. The van der Waals surface area contributed by atoms with Gasteiger partial charge in [0.05, 0.1) is 52.8 Å². The average Bonchev–Trinajstić information content (AvgIpc) is 3.80. The minimum absolute atomic E-state index is 0. The summed E-state index contributed by atoms with van der Waals surface area (Å²) in [4.78, 5) is 83.3. The lowest BCUT2D eigenvalue weighted by atomic mass is 9.48. The molecule has 0 aromatic carbocycles. The van der Waals surface area contributed by atoms with E-state index in [0.717, 1.165) is 12.8 Å². The van der Waals surface area contributed by atoms with E-state index in [2.05, 4.69) is 6.92 Å². The second-order valence-corrected chi connectivity index (χ2v) is 23.1. The summed E-state index contributed by atoms with van der Waals surface area (Å²) in [5.41, 5.74) is -5.82. The third kappa shape index (κ3) is 9.86. The molecule has 388 valence electrons. The third-order valence-corrected chi connectivity index (χ3v) is 17.6. The number of carbonyl (C=O) groups excluding carboxylic acids is 6. The smallest absolute Gasteiger partial charge is 0.318 e. The van der Waals surface area contributed by atoms with Crippen LogP contribution in [0.2, 0.25) is 0 Å². The molecule has 12 rings (SSSR count). The summed E-state index contributed by atoms with van der Waals surface area (Å²) in [7, 11) is 0. The predicted molar refractivity (Wildman–Crippen MR) is 258 cm³/mol. The molecule has 10 aliphatic carbocycles. The van der Waals surface area contributed by atoms with E-state index in [0.29, 0.717) is 64.4 Å². The largest absolute Gasteiger partial charge is 0.465 e. The Morgan fingerprint density at radius 2 is 1.24 bits per heavy atom. The van der Waals surface area contributed by atoms with Crippen molar-refractivity contribution in [3.63, 3.8) is 0 Å². The number of cyclic esters (lactones) is 3. The first-order valence-electron chi connectivity index (χ1n) is 22.6. The highest BCUT2D eigenvalue weighted by molar-refractivity contribution is 5.98. The van der Waals surface area contributed by atoms with Crippen molar-refractivity contribution in [1.82, 2.24) is 0 Å². The molecule has 13 nitrogen and oxygen atoms in total. The van der Waals surface area contributed by atoms with Crippen LogP contribution in [0, 0.1) is 82.3 Å². The van der Waals surface area contributed by atoms with Crippen LogP contribution in [-0.2, 0) is 52.5 Å². The molecule has 0 amide bonds. The molecule has 12 aliphatic rings. The molecule has 13 heteroatoms. The second kappa shape index (κ2) is 19.6. The standard InChI is InChI=1S/C46H62O13.8CH4/c1-22-28(30-9-29(22)34-32(30)17-55-38(34)50)7-27(36(48)57-45-14-24-6-25(15-45)11-42(10-24,18-45)40(52)59-41(3,4)5)8-31(33-23(2)35(47)56-39(33)51)37(49)58-46-16-26-12-43(53,20-46)19-44(54,13-26)21-46;;;;;;;;/h22-34,53-54H,6-21H2,1-5H3;8*1H4. The Morgan fingerprint density at radius 1 is 0.672 bits per heavy atom. The number of hydrogen-bond acceptors (Lipinski definition) is 13. The molecule has 12 fully saturated rings. The van der Waals surface area contributed by atoms with Crippen molar-refractivity contribution in [1.29, 1.82) is 0 Å². The van der Waals surface area contributed by atoms with E-state index in [1.165, 1.54) is 0 Å². The lowest BCUT2D eigenvalue weighted by molar-refractivity contribution is -0.263. The van der Waals surface area contributed by atoms with Crippen LogP contribution < -0.4 is 0 Å². The molecule has 2 heterocycles. The zero-order valence-corrected chi connectivity index (χ0v) is 35.2. The fraction of sp³-hybridized carbons (Fsp3) is 0.889. The van der Waals surface area contributed by atoms with E-state index < -0.39 is 81.0 Å². The lowest BCUT2D eigenvalue weighted by Gasteiger charge is -2.62. The first kappa shape index (κ1) is 60.1. The summed E-state index contributed by atoms with van der Waals surface area (Å²) in [5, 5.41) is 23.0. The van der Waals surface area contributed by atoms with Crippen molar-refractivity contribution in [3.05, 3.63) is 0 Å². The lowest BCUT2D eigenvalue weighted by Crippen LogP contribution is -2.67. The number of carbonyl (C=O) groups is 6. The van der Waals surface area contributed by atoms with Gasteiger partial charge >= 0.3 is 35.8 Å². The van der Waals surface area contributed by atoms with Crippen LogP contribution >= 0.6 is 0 Å². The number of fused-ring (bicyclic) bond motifs is 5. The topological polar surface area (TPSA) is 189 Å².